The third kappa shape index (κ3) is 2.28. The number of aliphatic hydroxyl groups is 1. The van der Waals surface area contributed by atoms with Gasteiger partial charge < -0.3 is 5.11 Å². The average Bonchev–Trinajstić information content (AvgIpc) is 2.07. The van der Waals surface area contributed by atoms with Gasteiger partial charge in [-0.15, -0.1) is 0 Å². The number of alkyl halides is 1. The van der Waals surface area contributed by atoms with Gasteiger partial charge in [0.15, 0.2) is 0 Å². The minimum absolute atomic E-state index is 0.0753. The molecule has 0 heterocycles. The molecule has 0 radical (unpaired) electrons. The highest BCUT2D eigenvalue weighted by molar-refractivity contribution is 9.09. The minimum Gasteiger partial charge on any atom is -0.462 e. The second kappa shape index (κ2) is 4.05. The van der Waals surface area contributed by atoms with Crippen molar-refractivity contribution < 1.29 is 5.11 Å². The molecule has 1 aromatic carbocycles. The van der Waals surface area contributed by atoms with Crippen molar-refractivity contribution in [3.8, 4) is 12.0 Å². The Labute approximate surface area is 74.2 Å². The van der Waals surface area contributed by atoms with Gasteiger partial charge in [0.25, 0.3) is 0 Å². The van der Waals surface area contributed by atoms with Crippen molar-refractivity contribution in [1.82, 2.24) is 0 Å². The van der Waals surface area contributed by atoms with E-state index in [1.165, 1.54) is 0 Å². The Morgan fingerprint density at radius 3 is 2.45 bits per heavy atom. The van der Waals surface area contributed by atoms with Gasteiger partial charge in [-0.05, 0) is 11.5 Å². The highest BCUT2D eigenvalue weighted by Crippen LogP contribution is 2.20. The second-order valence-corrected chi connectivity index (χ2v) is 2.95. The van der Waals surface area contributed by atoms with Gasteiger partial charge in [0.2, 0.25) is 0 Å². The lowest BCUT2D eigenvalue weighted by Crippen LogP contribution is -1.83. The number of rotatable bonds is 1. The van der Waals surface area contributed by atoms with E-state index in [4.69, 9.17) is 5.11 Å². The fourth-order valence-corrected chi connectivity index (χ4v) is 1.17. The molecule has 1 nitrogen and oxygen atoms in total. The molecule has 1 unspecified atom stereocenters. The summed E-state index contributed by atoms with van der Waals surface area (Å²) in [7, 11) is 0. The van der Waals surface area contributed by atoms with Gasteiger partial charge in [-0.1, -0.05) is 46.3 Å². The van der Waals surface area contributed by atoms with Gasteiger partial charge in [-0.3, -0.25) is 0 Å². The van der Waals surface area contributed by atoms with Crippen LogP contribution in [0.4, 0.5) is 0 Å². The molecule has 0 aliphatic heterocycles. The number of halogens is 1. The van der Waals surface area contributed by atoms with Crippen LogP contribution in [0, 0.1) is 12.0 Å². The molecule has 0 fully saturated rings. The van der Waals surface area contributed by atoms with E-state index in [0.29, 0.717) is 0 Å². The minimum atomic E-state index is -0.0753. The number of hydrogen-bond acceptors (Lipinski definition) is 1. The lowest BCUT2D eigenvalue weighted by Gasteiger charge is -1.99. The molecule has 0 saturated heterocycles. The molecule has 0 bridgehead atoms. The Kier molecular flexibility index (Phi) is 3.00. The molecule has 1 rings (SSSR count). The smallest absolute Gasteiger partial charge is 0.109 e. The molecule has 0 amide bonds. The first kappa shape index (κ1) is 8.16. The van der Waals surface area contributed by atoms with E-state index in [0.717, 1.165) is 5.56 Å². The molecular weight excluding hydrogens is 204 g/mol. The highest BCUT2D eigenvalue weighted by Gasteiger charge is 2.00. The van der Waals surface area contributed by atoms with Gasteiger partial charge in [-0.2, -0.15) is 0 Å². The topological polar surface area (TPSA) is 20.2 Å². The molecule has 0 aliphatic rings. The van der Waals surface area contributed by atoms with Crippen LogP contribution in [0.5, 0.6) is 0 Å². The van der Waals surface area contributed by atoms with Crippen LogP contribution in [0.15, 0.2) is 30.3 Å². The van der Waals surface area contributed by atoms with Gasteiger partial charge in [0, 0.05) is 0 Å². The third-order valence-corrected chi connectivity index (χ3v) is 2.04. The summed E-state index contributed by atoms with van der Waals surface area (Å²) in [5.74, 6) is 2.58. The molecule has 0 spiro atoms. The van der Waals surface area contributed by atoms with Gasteiger partial charge >= 0.3 is 0 Å². The average molecular weight is 211 g/mol. The van der Waals surface area contributed by atoms with E-state index in [-0.39, 0.29) is 4.83 Å². The molecule has 1 N–H and O–H groups in total. The first-order valence-corrected chi connectivity index (χ1v) is 4.10. The van der Waals surface area contributed by atoms with Crippen LogP contribution in [-0.4, -0.2) is 5.11 Å². The van der Waals surface area contributed by atoms with Gasteiger partial charge in [0.1, 0.15) is 10.9 Å². The summed E-state index contributed by atoms with van der Waals surface area (Å²) in [5, 5.41) is 8.31. The van der Waals surface area contributed by atoms with Crippen LogP contribution in [0.2, 0.25) is 0 Å². The van der Waals surface area contributed by atoms with E-state index in [9.17, 15) is 0 Å². The Morgan fingerprint density at radius 2 is 1.91 bits per heavy atom. The molecule has 56 valence electrons. The lowest BCUT2D eigenvalue weighted by molar-refractivity contribution is 0.516. The number of benzene rings is 1. The van der Waals surface area contributed by atoms with Crippen LogP contribution >= 0.6 is 15.9 Å². The first-order valence-electron chi connectivity index (χ1n) is 3.18. The zero-order chi connectivity index (χ0) is 8.10. The van der Waals surface area contributed by atoms with Crippen LogP contribution < -0.4 is 0 Å². The summed E-state index contributed by atoms with van der Waals surface area (Å²) < 4.78 is 0. The van der Waals surface area contributed by atoms with Crippen molar-refractivity contribution in [2.45, 2.75) is 4.83 Å². The van der Waals surface area contributed by atoms with Crippen molar-refractivity contribution in [2.75, 3.05) is 0 Å². The van der Waals surface area contributed by atoms with Crippen LogP contribution in [0.3, 0.4) is 0 Å². The maximum absolute atomic E-state index is 8.31. The Balaban J connectivity index is 2.82. The molecule has 0 saturated carbocycles. The fraction of sp³-hybridized carbons (Fsp3) is 0.111. The maximum Gasteiger partial charge on any atom is 0.109 e. The SMILES string of the molecule is OC#CC(Br)c1ccccc1. The Bertz CT molecular complexity index is 271. The van der Waals surface area contributed by atoms with Gasteiger partial charge in [0.05, 0.1) is 0 Å². The first-order chi connectivity index (χ1) is 5.34. The maximum atomic E-state index is 8.31. The summed E-state index contributed by atoms with van der Waals surface area (Å²) in [5.41, 5.74) is 1.05. The molecule has 2 heteroatoms. The van der Waals surface area contributed by atoms with Crippen molar-refractivity contribution >= 4 is 15.9 Å². The van der Waals surface area contributed by atoms with E-state index >= 15 is 0 Å². The molecular formula is C9H7BrO. The summed E-state index contributed by atoms with van der Waals surface area (Å²) in [6, 6.07) is 9.70. The molecule has 1 aromatic rings. The summed E-state index contributed by atoms with van der Waals surface area (Å²) in [6.45, 7) is 0. The van der Waals surface area contributed by atoms with Crippen LogP contribution in [-0.2, 0) is 0 Å². The molecule has 11 heavy (non-hydrogen) atoms. The lowest BCUT2D eigenvalue weighted by atomic mass is 10.2. The summed E-state index contributed by atoms with van der Waals surface area (Å²) >= 11 is 3.31. The third-order valence-electron chi connectivity index (χ3n) is 1.28. The standard InChI is InChI=1S/C9H7BrO/c10-9(6-7-11)8-4-2-1-3-5-8/h1-5,9,11H. The van der Waals surface area contributed by atoms with Gasteiger partial charge in [-0.25, -0.2) is 0 Å². The molecule has 0 aromatic heterocycles. The van der Waals surface area contributed by atoms with E-state index < -0.39 is 0 Å². The molecule has 1 atom stereocenters. The summed E-state index contributed by atoms with van der Waals surface area (Å²) in [6.07, 6.45) is 1.87. The summed E-state index contributed by atoms with van der Waals surface area (Å²) in [4.78, 5) is -0.0753. The van der Waals surface area contributed by atoms with E-state index in [2.05, 4.69) is 21.9 Å². The van der Waals surface area contributed by atoms with Crippen molar-refractivity contribution in [1.29, 1.82) is 0 Å². The van der Waals surface area contributed by atoms with Crippen molar-refractivity contribution in [3.05, 3.63) is 35.9 Å². The Hall–Kier alpha value is -0.940. The largest absolute Gasteiger partial charge is 0.462 e. The van der Waals surface area contributed by atoms with Crippen molar-refractivity contribution in [3.63, 3.8) is 0 Å². The molecule has 0 aliphatic carbocycles. The number of hydrogen-bond donors (Lipinski definition) is 1. The zero-order valence-electron chi connectivity index (χ0n) is 5.79. The normalized spacial score (nSPS) is 11.4. The quantitative estimate of drug-likeness (QED) is 0.558. The zero-order valence-corrected chi connectivity index (χ0v) is 7.38. The monoisotopic (exact) mass is 210 g/mol. The van der Waals surface area contributed by atoms with Crippen LogP contribution in [0.1, 0.15) is 10.4 Å². The predicted octanol–water partition coefficient (Wildman–Crippen LogP) is 2.46. The van der Waals surface area contributed by atoms with Crippen LogP contribution in [0.25, 0.3) is 0 Å². The highest BCUT2D eigenvalue weighted by atomic mass is 79.9. The fourth-order valence-electron chi connectivity index (χ4n) is 0.762. The predicted molar refractivity (Wildman–Crippen MR) is 47.8 cm³/mol. The van der Waals surface area contributed by atoms with Crippen molar-refractivity contribution in [2.24, 2.45) is 0 Å². The Morgan fingerprint density at radius 1 is 1.27 bits per heavy atom. The van der Waals surface area contributed by atoms with E-state index in [1.807, 2.05) is 36.4 Å². The van der Waals surface area contributed by atoms with E-state index in [1.54, 1.807) is 0 Å². The second-order valence-electron chi connectivity index (χ2n) is 2.03. The number of aliphatic hydroxyl groups excluding tert-OH is 1.